The second-order valence-electron chi connectivity index (χ2n) is 3.97. The summed E-state index contributed by atoms with van der Waals surface area (Å²) in [5, 5.41) is 0. The van der Waals surface area contributed by atoms with E-state index in [1.165, 1.54) is 12.1 Å². The average Bonchev–Trinajstić information content (AvgIpc) is 2.89. The van der Waals surface area contributed by atoms with Crippen LogP contribution in [0.15, 0.2) is 67.0 Å². The molecule has 0 bridgehead atoms. The third-order valence-electron chi connectivity index (χ3n) is 2.76. The number of hydrogen-bond acceptors (Lipinski definition) is 1. The van der Waals surface area contributed by atoms with Crippen LogP contribution in [0.3, 0.4) is 0 Å². The fourth-order valence-electron chi connectivity index (χ4n) is 1.94. The van der Waals surface area contributed by atoms with Crippen molar-refractivity contribution in [1.82, 2.24) is 9.55 Å². The Hall–Kier alpha value is -2.42. The fraction of sp³-hybridized carbons (Fsp3) is 0. The molecule has 0 aliphatic rings. The van der Waals surface area contributed by atoms with E-state index in [1.807, 2.05) is 47.2 Å². The zero-order chi connectivity index (χ0) is 12.4. The molecule has 3 aromatic rings. The van der Waals surface area contributed by atoms with E-state index < -0.39 is 0 Å². The molecule has 88 valence electrons. The van der Waals surface area contributed by atoms with Crippen molar-refractivity contribution < 1.29 is 4.39 Å². The highest BCUT2D eigenvalue weighted by atomic mass is 19.1. The number of nitrogens with zero attached hydrogens (tertiary/aromatic N) is 2. The summed E-state index contributed by atoms with van der Waals surface area (Å²) >= 11 is 0. The molecule has 0 aliphatic heterocycles. The van der Waals surface area contributed by atoms with Crippen molar-refractivity contribution in [3.63, 3.8) is 0 Å². The van der Waals surface area contributed by atoms with Gasteiger partial charge in [0.25, 0.3) is 0 Å². The molecule has 18 heavy (non-hydrogen) atoms. The van der Waals surface area contributed by atoms with Crippen molar-refractivity contribution in [1.29, 1.82) is 0 Å². The minimum atomic E-state index is -0.255. The minimum absolute atomic E-state index is 0.255. The highest BCUT2D eigenvalue weighted by Gasteiger charge is 2.07. The molecule has 3 rings (SSSR count). The molecule has 0 spiro atoms. The van der Waals surface area contributed by atoms with Gasteiger partial charge in [0.15, 0.2) is 0 Å². The smallest absolute Gasteiger partial charge is 0.144 e. The molecule has 1 heterocycles. The molecule has 0 unspecified atom stereocenters. The van der Waals surface area contributed by atoms with Gasteiger partial charge in [0, 0.05) is 23.6 Å². The van der Waals surface area contributed by atoms with Crippen LogP contribution in [0.1, 0.15) is 0 Å². The molecular weight excluding hydrogens is 227 g/mol. The van der Waals surface area contributed by atoms with Gasteiger partial charge in [0.2, 0.25) is 0 Å². The van der Waals surface area contributed by atoms with Crippen LogP contribution >= 0.6 is 0 Å². The van der Waals surface area contributed by atoms with E-state index >= 15 is 0 Å². The van der Waals surface area contributed by atoms with Crippen molar-refractivity contribution in [2.24, 2.45) is 0 Å². The second kappa shape index (κ2) is 4.45. The molecule has 0 saturated heterocycles. The molecule has 2 nitrogen and oxygen atoms in total. The zero-order valence-corrected chi connectivity index (χ0v) is 9.62. The number of imidazole rings is 1. The Labute approximate surface area is 104 Å². The van der Waals surface area contributed by atoms with E-state index in [9.17, 15) is 4.39 Å². The normalized spacial score (nSPS) is 10.5. The fourth-order valence-corrected chi connectivity index (χ4v) is 1.94. The molecule has 0 amide bonds. The number of benzene rings is 2. The van der Waals surface area contributed by atoms with Crippen molar-refractivity contribution in [3.05, 3.63) is 72.8 Å². The first-order chi connectivity index (χ1) is 8.84. The largest absolute Gasteiger partial charge is 0.300 e. The average molecular weight is 238 g/mol. The topological polar surface area (TPSA) is 17.8 Å². The molecule has 1 aromatic heterocycles. The summed E-state index contributed by atoms with van der Waals surface area (Å²) in [6.45, 7) is 0. The first-order valence-electron chi connectivity index (χ1n) is 5.69. The summed E-state index contributed by atoms with van der Waals surface area (Å²) in [7, 11) is 0. The van der Waals surface area contributed by atoms with Crippen LogP contribution in [-0.4, -0.2) is 9.55 Å². The van der Waals surface area contributed by atoms with Gasteiger partial charge in [-0.05, 0) is 24.3 Å². The lowest BCUT2D eigenvalue weighted by molar-refractivity contribution is 0.628. The highest BCUT2D eigenvalue weighted by Crippen LogP contribution is 2.21. The van der Waals surface area contributed by atoms with Crippen molar-refractivity contribution in [2.75, 3.05) is 0 Å². The van der Waals surface area contributed by atoms with E-state index in [2.05, 4.69) is 4.98 Å². The van der Waals surface area contributed by atoms with E-state index in [4.69, 9.17) is 0 Å². The Morgan fingerprint density at radius 1 is 0.944 bits per heavy atom. The third kappa shape index (κ3) is 1.91. The maximum absolute atomic E-state index is 13.3. The van der Waals surface area contributed by atoms with Crippen molar-refractivity contribution >= 4 is 0 Å². The minimum Gasteiger partial charge on any atom is -0.300 e. The number of halogens is 1. The summed E-state index contributed by atoms with van der Waals surface area (Å²) in [5.74, 6) is 0.482. The zero-order valence-electron chi connectivity index (χ0n) is 9.62. The number of aromatic nitrogens is 2. The lowest BCUT2D eigenvalue weighted by Gasteiger charge is -2.07. The van der Waals surface area contributed by atoms with E-state index in [-0.39, 0.29) is 5.82 Å². The molecule has 2 aromatic carbocycles. The summed E-state index contributed by atoms with van der Waals surface area (Å²) in [5.41, 5.74) is 1.78. The van der Waals surface area contributed by atoms with Crippen LogP contribution in [0.2, 0.25) is 0 Å². The summed E-state index contributed by atoms with van der Waals surface area (Å²) < 4.78 is 15.2. The van der Waals surface area contributed by atoms with E-state index in [1.54, 1.807) is 12.3 Å². The van der Waals surface area contributed by atoms with Gasteiger partial charge in [0.1, 0.15) is 11.6 Å². The van der Waals surface area contributed by atoms with Crippen LogP contribution in [0.25, 0.3) is 17.1 Å². The molecule has 3 heteroatoms. The number of rotatable bonds is 2. The quantitative estimate of drug-likeness (QED) is 0.666. The Morgan fingerprint density at radius 3 is 2.56 bits per heavy atom. The number of para-hydroxylation sites is 1. The standard InChI is InChI=1S/C15H11FN2/c16-13-6-4-5-12(11-13)15-17-9-10-18(15)14-7-2-1-3-8-14/h1-11H. The maximum Gasteiger partial charge on any atom is 0.144 e. The Balaban J connectivity index is 2.13. The predicted octanol–water partition coefficient (Wildman–Crippen LogP) is 3.68. The lowest BCUT2D eigenvalue weighted by atomic mass is 10.2. The molecular formula is C15H11FN2. The van der Waals surface area contributed by atoms with Gasteiger partial charge in [-0.2, -0.15) is 0 Å². The number of hydrogen-bond donors (Lipinski definition) is 0. The van der Waals surface area contributed by atoms with Gasteiger partial charge >= 0.3 is 0 Å². The van der Waals surface area contributed by atoms with Gasteiger partial charge in [-0.3, -0.25) is 4.57 Å². The van der Waals surface area contributed by atoms with Crippen molar-refractivity contribution in [2.45, 2.75) is 0 Å². The molecule has 0 saturated carbocycles. The Morgan fingerprint density at radius 2 is 1.78 bits per heavy atom. The first-order valence-corrected chi connectivity index (χ1v) is 5.69. The van der Waals surface area contributed by atoms with E-state index in [0.717, 1.165) is 17.1 Å². The molecule has 0 N–H and O–H groups in total. The molecule has 0 atom stereocenters. The van der Waals surface area contributed by atoms with Crippen LogP contribution in [0.5, 0.6) is 0 Å². The molecule has 0 radical (unpaired) electrons. The summed E-state index contributed by atoms with van der Waals surface area (Å²) in [4.78, 5) is 4.30. The van der Waals surface area contributed by atoms with Crippen LogP contribution in [0, 0.1) is 5.82 Å². The van der Waals surface area contributed by atoms with Crippen LogP contribution < -0.4 is 0 Å². The van der Waals surface area contributed by atoms with Gasteiger partial charge in [-0.1, -0.05) is 30.3 Å². The van der Waals surface area contributed by atoms with E-state index in [0.29, 0.717) is 0 Å². The molecule has 0 fully saturated rings. The first kappa shape index (κ1) is 10.7. The van der Waals surface area contributed by atoms with Gasteiger partial charge < -0.3 is 0 Å². The second-order valence-corrected chi connectivity index (χ2v) is 3.97. The predicted molar refractivity (Wildman–Crippen MR) is 69.0 cm³/mol. The third-order valence-corrected chi connectivity index (χ3v) is 2.76. The van der Waals surface area contributed by atoms with Crippen molar-refractivity contribution in [3.8, 4) is 17.1 Å². The maximum atomic E-state index is 13.3. The Kier molecular flexibility index (Phi) is 2.65. The SMILES string of the molecule is Fc1cccc(-c2nccn2-c2ccccc2)c1. The van der Waals surface area contributed by atoms with Crippen LogP contribution in [-0.2, 0) is 0 Å². The highest BCUT2D eigenvalue weighted by molar-refractivity contribution is 5.58. The summed E-state index contributed by atoms with van der Waals surface area (Å²) in [6.07, 6.45) is 3.59. The molecule has 0 aliphatic carbocycles. The van der Waals surface area contributed by atoms with Gasteiger partial charge in [-0.25, -0.2) is 9.37 Å². The van der Waals surface area contributed by atoms with Gasteiger partial charge in [-0.15, -0.1) is 0 Å². The lowest BCUT2D eigenvalue weighted by Crippen LogP contribution is -1.96. The van der Waals surface area contributed by atoms with Gasteiger partial charge in [0.05, 0.1) is 0 Å². The van der Waals surface area contributed by atoms with Crippen LogP contribution in [0.4, 0.5) is 4.39 Å². The Bertz CT molecular complexity index is 659. The summed E-state index contributed by atoms with van der Waals surface area (Å²) in [6, 6.07) is 16.3. The monoisotopic (exact) mass is 238 g/mol.